The molecular formula is C25H30N2O4. The number of carbonyl (C=O) groups is 2. The van der Waals surface area contributed by atoms with Crippen molar-refractivity contribution in [2.24, 2.45) is 0 Å². The summed E-state index contributed by atoms with van der Waals surface area (Å²) in [6.45, 7) is 9.01. The van der Waals surface area contributed by atoms with Gasteiger partial charge in [0.2, 0.25) is 0 Å². The largest absolute Gasteiger partial charge is 0.494 e. The van der Waals surface area contributed by atoms with Crippen LogP contribution in [0.25, 0.3) is 5.57 Å². The molecule has 1 N–H and O–H groups in total. The van der Waals surface area contributed by atoms with Gasteiger partial charge in [-0.3, -0.25) is 14.5 Å². The Kier molecular flexibility index (Phi) is 7.47. The lowest BCUT2D eigenvalue weighted by Crippen LogP contribution is -2.35. The predicted molar refractivity (Wildman–Crippen MR) is 122 cm³/mol. The number of benzene rings is 2. The van der Waals surface area contributed by atoms with E-state index in [4.69, 9.17) is 9.47 Å². The maximum Gasteiger partial charge on any atom is 0.278 e. The summed E-state index contributed by atoms with van der Waals surface area (Å²) in [5.41, 5.74) is 3.17. The average Bonchev–Trinajstić information content (AvgIpc) is 2.98. The van der Waals surface area contributed by atoms with Gasteiger partial charge in [-0.15, -0.1) is 0 Å². The van der Waals surface area contributed by atoms with Crippen molar-refractivity contribution in [1.29, 1.82) is 0 Å². The summed E-state index contributed by atoms with van der Waals surface area (Å²) in [4.78, 5) is 27.6. The number of hydrogen-bond acceptors (Lipinski definition) is 5. The molecule has 2 aromatic carbocycles. The van der Waals surface area contributed by atoms with Crippen LogP contribution in [0.15, 0.2) is 54.2 Å². The molecule has 6 heteroatoms. The Morgan fingerprint density at radius 1 is 0.935 bits per heavy atom. The SMILES string of the molecule is CCCOc1ccc(C2=C(Nc3ccc(C)cc3)C(=O)N(CCOC(C)C)C2=O)cc1. The third kappa shape index (κ3) is 5.52. The number of carbonyl (C=O) groups excluding carboxylic acids is 2. The molecule has 6 nitrogen and oxygen atoms in total. The zero-order valence-electron chi connectivity index (χ0n) is 18.6. The molecule has 31 heavy (non-hydrogen) atoms. The van der Waals surface area contributed by atoms with Crippen LogP contribution in [0, 0.1) is 6.92 Å². The number of nitrogens with zero attached hydrogens (tertiary/aromatic N) is 1. The number of nitrogens with one attached hydrogen (secondary N) is 1. The van der Waals surface area contributed by atoms with Crippen LogP contribution in [0.5, 0.6) is 5.75 Å². The summed E-state index contributed by atoms with van der Waals surface area (Å²) in [6, 6.07) is 15.0. The van der Waals surface area contributed by atoms with E-state index in [1.807, 2.05) is 76.2 Å². The summed E-state index contributed by atoms with van der Waals surface area (Å²) in [6.07, 6.45) is 0.943. The van der Waals surface area contributed by atoms with E-state index in [-0.39, 0.29) is 30.2 Å². The molecule has 2 amide bonds. The number of imide groups is 1. The smallest absolute Gasteiger partial charge is 0.278 e. The van der Waals surface area contributed by atoms with E-state index >= 15 is 0 Å². The highest BCUT2D eigenvalue weighted by atomic mass is 16.5. The van der Waals surface area contributed by atoms with E-state index in [1.165, 1.54) is 4.90 Å². The molecule has 3 rings (SSSR count). The van der Waals surface area contributed by atoms with E-state index < -0.39 is 0 Å². The Bertz CT molecular complexity index is 946. The number of anilines is 1. The first-order chi connectivity index (χ1) is 14.9. The number of ether oxygens (including phenoxy) is 2. The molecule has 0 saturated heterocycles. The Morgan fingerprint density at radius 2 is 1.61 bits per heavy atom. The van der Waals surface area contributed by atoms with Gasteiger partial charge in [-0.05, 0) is 57.0 Å². The topological polar surface area (TPSA) is 67.9 Å². The van der Waals surface area contributed by atoms with Crippen LogP contribution in [0.4, 0.5) is 5.69 Å². The van der Waals surface area contributed by atoms with Crippen LogP contribution in [0.1, 0.15) is 38.3 Å². The van der Waals surface area contributed by atoms with Gasteiger partial charge in [-0.25, -0.2) is 0 Å². The van der Waals surface area contributed by atoms with Crippen molar-refractivity contribution in [3.05, 3.63) is 65.4 Å². The third-order valence-electron chi connectivity index (χ3n) is 4.87. The fourth-order valence-electron chi connectivity index (χ4n) is 3.26. The van der Waals surface area contributed by atoms with Crippen LogP contribution in [0.3, 0.4) is 0 Å². The summed E-state index contributed by atoms with van der Waals surface area (Å²) < 4.78 is 11.2. The van der Waals surface area contributed by atoms with Gasteiger partial charge < -0.3 is 14.8 Å². The Hall–Kier alpha value is -3.12. The second kappa shape index (κ2) is 10.3. The van der Waals surface area contributed by atoms with Gasteiger partial charge in [0.05, 0.1) is 31.4 Å². The molecular weight excluding hydrogens is 392 g/mol. The standard InChI is InChI=1S/C25H30N2O4/c1-5-15-31-21-12-8-19(9-13-21)22-23(26-20-10-6-18(4)7-11-20)25(29)27(24(22)28)14-16-30-17(2)3/h6-13,17,26H,5,14-16H2,1-4H3. The number of hydrogen-bond donors (Lipinski definition) is 1. The van der Waals surface area contributed by atoms with Crippen molar-refractivity contribution < 1.29 is 19.1 Å². The zero-order valence-corrected chi connectivity index (χ0v) is 18.6. The normalized spacial score (nSPS) is 14.0. The summed E-state index contributed by atoms with van der Waals surface area (Å²) in [5, 5.41) is 3.17. The lowest BCUT2D eigenvalue weighted by Gasteiger charge is -2.16. The van der Waals surface area contributed by atoms with Gasteiger partial charge in [0, 0.05) is 5.69 Å². The minimum Gasteiger partial charge on any atom is -0.494 e. The molecule has 164 valence electrons. The number of aryl methyl sites for hydroxylation is 1. The first kappa shape index (κ1) is 22.6. The molecule has 0 atom stereocenters. The maximum absolute atomic E-state index is 13.2. The van der Waals surface area contributed by atoms with Gasteiger partial charge in [0.15, 0.2) is 0 Å². The summed E-state index contributed by atoms with van der Waals surface area (Å²) in [7, 11) is 0. The minimum atomic E-state index is -0.348. The highest BCUT2D eigenvalue weighted by Crippen LogP contribution is 2.31. The van der Waals surface area contributed by atoms with Gasteiger partial charge in [0.25, 0.3) is 11.8 Å². The molecule has 0 unspecified atom stereocenters. The highest BCUT2D eigenvalue weighted by molar-refractivity contribution is 6.36. The van der Waals surface area contributed by atoms with Crippen LogP contribution >= 0.6 is 0 Å². The minimum absolute atomic E-state index is 0.0288. The van der Waals surface area contributed by atoms with Crippen LogP contribution < -0.4 is 10.1 Å². The van der Waals surface area contributed by atoms with E-state index in [2.05, 4.69) is 5.32 Å². The Balaban J connectivity index is 1.91. The summed E-state index contributed by atoms with van der Waals surface area (Å²) >= 11 is 0. The van der Waals surface area contributed by atoms with E-state index in [0.29, 0.717) is 24.4 Å². The van der Waals surface area contributed by atoms with E-state index in [1.54, 1.807) is 0 Å². The molecule has 0 spiro atoms. The van der Waals surface area contributed by atoms with Crippen molar-refractivity contribution in [3.63, 3.8) is 0 Å². The van der Waals surface area contributed by atoms with Gasteiger partial charge in [-0.1, -0.05) is 36.8 Å². The Morgan fingerprint density at radius 3 is 2.23 bits per heavy atom. The van der Waals surface area contributed by atoms with Crippen LogP contribution in [-0.2, 0) is 14.3 Å². The molecule has 0 saturated carbocycles. The monoisotopic (exact) mass is 422 g/mol. The highest BCUT2D eigenvalue weighted by Gasteiger charge is 2.39. The maximum atomic E-state index is 13.2. The predicted octanol–water partition coefficient (Wildman–Crippen LogP) is 4.40. The van der Waals surface area contributed by atoms with Gasteiger partial charge in [0.1, 0.15) is 11.4 Å². The van der Waals surface area contributed by atoms with Crippen molar-refractivity contribution in [3.8, 4) is 5.75 Å². The molecule has 0 fully saturated rings. The molecule has 1 aliphatic rings. The fraction of sp³-hybridized carbons (Fsp3) is 0.360. The third-order valence-corrected chi connectivity index (χ3v) is 4.87. The molecule has 1 aliphatic heterocycles. The summed E-state index contributed by atoms with van der Waals surface area (Å²) in [5.74, 6) is 0.0617. The van der Waals surface area contributed by atoms with Crippen molar-refractivity contribution >= 4 is 23.1 Å². The first-order valence-electron chi connectivity index (χ1n) is 10.7. The lowest BCUT2D eigenvalue weighted by atomic mass is 10.0. The molecule has 0 radical (unpaired) electrons. The van der Waals surface area contributed by atoms with Gasteiger partial charge >= 0.3 is 0 Å². The lowest BCUT2D eigenvalue weighted by molar-refractivity contribution is -0.137. The molecule has 1 heterocycles. The Labute approximate surface area is 183 Å². The average molecular weight is 423 g/mol. The van der Waals surface area contributed by atoms with Crippen molar-refractivity contribution in [1.82, 2.24) is 4.90 Å². The zero-order chi connectivity index (χ0) is 22.4. The van der Waals surface area contributed by atoms with Crippen LogP contribution in [-0.4, -0.2) is 42.6 Å². The van der Waals surface area contributed by atoms with Gasteiger partial charge in [-0.2, -0.15) is 0 Å². The molecule has 0 bridgehead atoms. The second-order valence-corrected chi connectivity index (χ2v) is 7.80. The van der Waals surface area contributed by atoms with Crippen molar-refractivity contribution in [2.45, 2.75) is 40.2 Å². The van der Waals surface area contributed by atoms with Crippen molar-refractivity contribution in [2.75, 3.05) is 25.1 Å². The molecule has 0 aliphatic carbocycles. The second-order valence-electron chi connectivity index (χ2n) is 7.80. The first-order valence-corrected chi connectivity index (χ1v) is 10.7. The van der Waals surface area contributed by atoms with E-state index in [9.17, 15) is 9.59 Å². The fourth-order valence-corrected chi connectivity index (χ4v) is 3.26. The molecule has 2 aromatic rings. The quantitative estimate of drug-likeness (QED) is 0.575. The number of rotatable bonds is 10. The molecule has 0 aromatic heterocycles. The van der Waals surface area contributed by atoms with E-state index in [0.717, 1.165) is 23.4 Å². The number of amides is 2. The van der Waals surface area contributed by atoms with Crippen LogP contribution in [0.2, 0.25) is 0 Å².